The molecule has 0 spiro atoms. The lowest BCUT2D eigenvalue weighted by Gasteiger charge is -2.24. The molecule has 0 rings (SSSR count). The Balaban J connectivity index is 4.54. The van der Waals surface area contributed by atoms with Crippen molar-refractivity contribution in [3.8, 4) is 0 Å². The van der Waals surface area contributed by atoms with Crippen molar-refractivity contribution in [1.29, 1.82) is 0 Å². The zero-order chi connectivity index (χ0) is 17.1. The average Bonchev–Trinajstić information content (AvgIpc) is 2.21. The minimum absolute atomic E-state index is 0.356. The van der Waals surface area contributed by atoms with Gasteiger partial charge >= 0.3 is 21.5 Å². The molecule has 0 saturated carbocycles. The zero-order valence-electron chi connectivity index (χ0n) is 12.4. The van der Waals surface area contributed by atoms with Crippen LogP contribution in [0.2, 0.25) is 0 Å². The van der Waals surface area contributed by atoms with Gasteiger partial charge in [0.25, 0.3) is 0 Å². The highest BCUT2D eigenvalue weighted by Crippen LogP contribution is 2.26. The van der Waals surface area contributed by atoms with Crippen molar-refractivity contribution in [2.24, 2.45) is 5.41 Å². The molecule has 1 atom stereocenters. The Morgan fingerprint density at radius 3 is 2.19 bits per heavy atom. The number of halogens is 3. The summed E-state index contributed by atoms with van der Waals surface area (Å²) in [7, 11) is -5.45. The van der Waals surface area contributed by atoms with E-state index in [1.54, 1.807) is 20.8 Å². The van der Waals surface area contributed by atoms with Gasteiger partial charge in [0.2, 0.25) is 0 Å². The molecule has 124 valence electrons. The van der Waals surface area contributed by atoms with Crippen LogP contribution < -0.4 is 4.72 Å². The number of ether oxygens (including phenoxy) is 1. The van der Waals surface area contributed by atoms with Crippen molar-refractivity contribution < 1.29 is 31.1 Å². The number of hydrogen-bond donors (Lipinski definition) is 1. The number of rotatable bonds is 7. The van der Waals surface area contributed by atoms with Gasteiger partial charge in [0.05, 0.1) is 11.5 Å². The second-order valence-electron chi connectivity index (χ2n) is 5.58. The minimum atomic E-state index is -5.45. The summed E-state index contributed by atoms with van der Waals surface area (Å²) in [6, 6.07) is -1.19. The number of sulfonamides is 1. The maximum atomic E-state index is 12.2. The molecule has 0 aromatic carbocycles. The van der Waals surface area contributed by atoms with E-state index in [1.165, 1.54) is 11.6 Å². The number of carbonyl (C=O) groups is 1. The Morgan fingerprint density at radius 2 is 1.81 bits per heavy atom. The van der Waals surface area contributed by atoms with Gasteiger partial charge in [-0.05, 0) is 34.1 Å². The second kappa shape index (κ2) is 6.78. The van der Waals surface area contributed by atoms with Crippen LogP contribution in [0.4, 0.5) is 13.2 Å². The van der Waals surface area contributed by atoms with Gasteiger partial charge in [-0.2, -0.15) is 13.2 Å². The normalized spacial score (nSPS) is 14.6. The highest BCUT2D eigenvalue weighted by atomic mass is 32.2. The summed E-state index contributed by atoms with van der Waals surface area (Å²) >= 11 is 0. The van der Waals surface area contributed by atoms with Crippen LogP contribution in [-0.4, -0.2) is 32.5 Å². The predicted molar refractivity (Wildman–Crippen MR) is 71.7 cm³/mol. The van der Waals surface area contributed by atoms with Crippen molar-refractivity contribution in [2.45, 2.75) is 45.7 Å². The van der Waals surface area contributed by atoms with Crippen LogP contribution in [-0.2, 0) is 19.6 Å². The molecule has 0 amide bonds. The van der Waals surface area contributed by atoms with Gasteiger partial charge in [0, 0.05) is 0 Å². The van der Waals surface area contributed by atoms with Gasteiger partial charge in [-0.25, -0.2) is 13.1 Å². The van der Waals surface area contributed by atoms with Crippen LogP contribution in [0, 0.1) is 5.41 Å². The topological polar surface area (TPSA) is 72.5 Å². The molecule has 0 bridgehead atoms. The molecule has 1 unspecified atom stereocenters. The SMILES string of the molecule is C=C(C)CC(C)(C)C(=O)OCC(C)NS(=O)(=O)C(F)(F)F. The summed E-state index contributed by atoms with van der Waals surface area (Å²) in [6.45, 7) is 9.29. The van der Waals surface area contributed by atoms with E-state index in [0.29, 0.717) is 6.42 Å². The second-order valence-corrected chi connectivity index (χ2v) is 7.29. The van der Waals surface area contributed by atoms with Crippen molar-refractivity contribution in [3.63, 3.8) is 0 Å². The molecule has 0 saturated heterocycles. The highest BCUT2D eigenvalue weighted by molar-refractivity contribution is 7.90. The van der Waals surface area contributed by atoms with Crippen LogP contribution in [0.1, 0.15) is 34.1 Å². The lowest BCUT2D eigenvalue weighted by atomic mass is 9.86. The molecule has 0 aliphatic rings. The first-order chi connectivity index (χ1) is 9.19. The third kappa shape index (κ3) is 6.47. The number of alkyl halides is 3. The van der Waals surface area contributed by atoms with Crippen LogP contribution in [0.15, 0.2) is 12.2 Å². The van der Waals surface area contributed by atoms with Crippen LogP contribution in [0.3, 0.4) is 0 Å². The maximum Gasteiger partial charge on any atom is 0.511 e. The first-order valence-electron chi connectivity index (χ1n) is 6.09. The summed E-state index contributed by atoms with van der Waals surface area (Å²) in [5.41, 5.74) is -5.53. The number of nitrogens with one attached hydrogen (secondary N) is 1. The van der Waals surface area contributed by atoms with E-state index >= 15 is 0 Å². The molecule has 9 heteroatoms. The minimum Gasteiger partial charge on any atom is -0.464 e. The van der Waals surface area contributed by atoms with E-state index in [0.717, 1.165) is 5.57 Å². The standard InChI is InChI=1S/C12H20F3NO4S/c1-8(2)6-11(4,5)10(17)20-7-9(3)16-21(18,19)12(13,14)15/h9,16H,1,6-7H2,2-5H3. The summed E-state index contributed by atoms with van der Waals surface area (Å²) in [6.07, 6.45) is 0.356. The van der Waals surface area contributed by atoms with Crippen LogP contribution in [0.25, 0.3) is 0 Å². The molecule has 0 aromatic rings. The maximum absolute atomic E-state index is 12.2. The van der Waals surface area contributed by atoms with Gasteiger partial charge in [0.1, 0.15) is 6.61 Å². The quantitative estimate of drug-likeness (QED) is 0.574. The fraction of sp³-hybridized carbons (Fsp3) is 0.750. The molecule has 0 radical (unpaired) electrons. The van der Waals surface area contributed by atoms with E-state index in [-0.39, 0.29) is 0 Å². The lowest BCUT2D eigenvalue weighted by molar-refractivity contribution is -0.154. The van der Waals surface area contributed by atoms with E-state index in [2.05, 4.69) is 6.58 Å². The molecule has 0 heterocycles. The van der Waals surface area contributed by atoms with E-state index in [9.17, 15) is 26.4 Å². The Labute approximate surface area is 122 Å². The third-order valence-corrected chi connectivity index (χ3v) is 3.74. The van der Waals surface area contributed by atoms with E-state index in [1.807, 2.05) is 0 Å². The average molecular weight is 331 g/mol. The molecule has 21 heavy (non-hydrogen) atoms. The molecular formula is C12H20F3NO4S. The van der Waals surface area contributed by atoms with Crippen molar-refractivity contribution in [3.05, 3.63) is 12.2 Å². The number of allylic oxidation sites excluding steroid dienone is 1. The zero-order valence-corrected chi connectivity index (χ0v) is 13.2. The third-order valence-electron chi connectivity index (χ3n) is 2.42. The molecule has 0 fully saturated rings. The highest BCUT2D eigenvalue weighted by Gasteiger charge is 2.46. The first-order valence-corrected chi connectivity index (χ1v) is 7.57. The van der Waals surface area contributed by atoms with Gasteiger partial charge in [-0.15, -0.1) is 6.58 Å². The monoisotopic (exact) mass is 331 g/mol. The lowest BCUT2D eigenvalue weighted by Crippen LogP contribution is -2.44. The Bertz CT molecular complexity index is 497. The largest absolute Gasteiger partial charge is 0.511 e. The molecule has 5 nitrogen and oxygen atoms in total. The fourth-order valence-electron chi connectivity index (χ4n) is 1.59. The summed E-state index contributed by atoms with van der Waals surface area (Å²) in [5, 5.41) is 0. The summed E-state index contributed by atoms with van der Waals surface area (Å²) < 4.78 is 64.4. The summed E-state index contributed by atoms with van der Waals surface area (Å²) in [4.78, 5) is 11.8. The Kier molecular flexibility index (Phi) is 6.43. The fourth-order valence-corrected chi connectivity index (χ4v) is 2.32. The molecule has 1 N–H and O–H groups in total. The van der Waals surface area contributed by atoms with E-state index < -0.39 is 39.6 Å². The molecule has 0 aliphatic heterocycles. The van der Waals surface area contributed by atoms with Gasteiger partial charge in [-0.1, -0.05) is 5.57 Å². The molecule has 0 aliphatic carbocycles. The first kappa shape index (κ1) is 19.9. The van der Waals surface area contributed by atoms with Crippen molar-refractivity contribution in [2.75, 3.05) is 6.61 Å². The molecule has 0 aromatic heterocycles. The smallest absolute Gasteiger partial charge is 0.464 e. The van der Waals surface area contributed by atoms with E-state index in [4.69, 9.17) is 4.74 Å². The number of carbonyl (C=O) groups excluding carboxylic acids is 1. The van der Waals surface area contributed by atoms with Crippen LogP contribution in [0.5, 0.6) is 0 Å². The predicted octanol–water partition coefficient (Wildman–Crippen LogP) is 2.35. The Hall–Kier alpha value is -1.09. The Morgan fingerprint density at radius 1 is 1.33 bits per heavy atom. The number of esters is 1. The van der Waals surface area contributed by atoms with Gasteiger partial charge < -0.3 is 4.74 Å². The molecular weight excluding hydrogens is 311 g/mol. The number of hydrogen-bond acceptors (Lipinski definition) is 4. The van der Waals surface area contributed by atoms with Crippen molar-refractivity contribution in [1.82, 2.24) is 4.72 Å². The van der Waals surface area contributed by atoms with Crippen LogP contribution >= 0.6 is 0 Å². The summed E-state index contributed by atoms with van der Waals surface area (Å²) in [5.74, 6) is -0.636. The van der Waals surface area contributed by atoms with Gasteiger partial charge in [-0.3, -0.25) is 4.79 Å². The van der Waals surface area contributed by atoms with Gasteiger partial charge in [0.15, 0.2) is 0 Å². The van der Waals surface area contributed by atoms with Crippen molar-refractivity contribution >= 4 is 16.0 Å².